The number of Topliss-reactive ketones (excluding diaryl/α,β-unsaturated/α-hetero) is 1. The Balaban J connectivity index is 2.27. The van der Waals surface area contributed by atoms with Gasteiger partial charge in [-0.05, 0) is 49.9 Å². The van der Waals surface area contributed by atoms with Gasteiger partial charge in [-0.25, -0.2) is 0 Å². The van der Waals surface area contributed by atoms with Gasteiger partial charge in [0.05, 0.1) is 0 Å². The van der Waals surface area contributed by atoms with E-state index in [1.807, 2.05) is 19.1 Å². The zero-order valence-electron chi connectivity index (χ0n) is 11.2. The molecule has 0 amide bonds. The highest BCUT2D eigenvalue weighted by Crippen LogP contribution is 2.16. The Hall–Kier alpha value is -1.89. The molecule has 0 bridgehead atoms. The molecule has 92 valence electrons. The van der Waals surface area contributed by atoms with Gasteiger partial charge in [0.25, 0.3) is 0 Å². The van der Waals surface area contributed by atoms with Crippen LogP contribution in [0.3, 0.4) is 0 Å². The molecular formula is C17H18O. The van der Waals surface area contributed by atoms with Crippen molar-refractivity contribution in [2.45, 2.75) is 27.2 Å². The molecule has 2 rings (SSSR count). The monoisotopic (exact) mass is 238 g/mol. The fraction of sp³-hybridized carbons (Fsp3) is 0.235. The number of benzene rings is 2. The Labute approximate surface area is 108 Å². The molecule has 0 aliphatic heterocycles. The van der Waals surface area contributed by atoms with Crippen LogP contribution in [-0.2, 0) is 6.42 Å². The summed E-state index contributed by atoms with van der Waals surface area (Å²) in [6, 6.07) is 14.7. The summed E-state index contributed by atoms with van der Waals surface area (Å²) < 4.78 is 0. The molecule has 0 N–H and O–H groups in total. The quantitative estimate of drug-likeness (QED) is 0.736. The Morgan fingerprint density at radius 3 is 2.17 bits per heavy atom. The maximum atomic E-state index is 11.5. The third-order valence-corrected chi connectivity index (χ3v) is 3.21. The molecule has 1 nitrogen and oxygen atoms in total. The fourth-order valence-electron chi connectivity index (χ4n) is 2.10. The first-order valence-electron chi connectivity index (χ1n) is 6.22. The molecule has 18 heavy (non-hydrogen) atoms. The summed E-state index contributed by atoms with van der Waals surface area (Å²) in [6.45, 7) is 5.69. The van der Waals surface area contributed by atoms with E-state index in [9.17, 15) is 4.79 Å². The van der Waals surface area contributed by atoms with Gasteiger partial charge in [-0.3, -0.25) is 4.79 Å². The molecule has 0 aliphatic rings. The number of hydrogen-bond donors (Lipinski definition) is 0. The summed E-state index contributed by atoms with van der Waals surface area (Å²) >= 11 is 0. The minimum atomic E-state index is 0.137. The van der Waals surface area contributed by atoms with Crippen molar-refractivity contribution in [1.29, 1.82) is 0 Å². The van der Waals surface area contributed by atoms with E-state index in [2.05, 4.69) is 37.3 Å². The maximum absolute atomic E-state index is 11.5. The topological polar surface area (TPSA) is 17.1 Å². The van der Waals surface area contributed by atoms with E-state index in [1.54, 1.807) is 6.92 Å². The molecule has 1 heteroatoms. The second-order valence-electron chi connectivity index (χ2n) is 4.87. The summed E-state index contributed by atoms with van der Waals surface area (Å²) in [7, 11) is 0. The average molecular weight is 238 g/mol. The van der Waals surface area contributed by atoms with Crippen LogP contribution in [0.4, 0.5) is 0 Å². The third-order valence-electron chi connectivity index (χ3n) is 3.21. The second kappa shape index (κ2) is 5.18. The summed E-state index contributed by atoms with van der Waals surface area (Å²) in [4.78, 5) is 11.5. The number of ketones is 1. The van der Waals surface area contributed by atoms with Crippen LogP contribution in [0.5, 0.6) is 0 Å². The lowest BCUT2D eigenvalue weighted by atomic mass is 9.98. The molecule has 0 heterocycles. The molecule has 0 aliphatic carbocycles. The first kappa shape index (κ1) is 12.6. The minimum absolute atomic E-state index is 0.137. The number of aryl methyl sites for hydroxylation is 2. The highest BCUT2D eigenvalue weighted by Gasteiger charge is 2.05. The van der Waals surface area contributed by atoms with Gasteiger partial charge >= 0.3 is 0 Å². The molecule has 2 aromatic carbocycles. The van der Waals surface area contributed by atoms with Crippen LogP contribution < -0.4 is 0 Å². The molecule has 0 unspecified atom stereocenters. The maximum Gasteiger partial charge on any atom is 0.160 e. The Bertz CT molecular complexity index is 565. The van der Waals surface area contributed by atoms with Gasteiger partial charge in [0.15, 0.2) is 5.78 Å². The molecule has 0 atom stereocenters. The second-order valence-corrected chi connectivity index (χ2v) is 4.87. The predicted molar refractivity (Wildman–Crippen MR) is 75.2 cm³/mol. The van der Waals surface area contributed by atoms with Crippen molar-refractivity contribution in [3.05, 3.63) is 70.3 Å². The van der Waals surface area contributed by atoms with E-state index >= 15 is 0 Å². The van der Waals surface area contributed by atoms with Gasteiger partial charge in [0.1, 0.15) is 0 Å². The van der Waals surface area contributed by atoms with E-state index in [4.69, 9.17) is 0 Å². The SMILES string of the molecule is CC(=O)c1cc(Cc2ccc(C)cc2)ccc1C. The van der Waals surface area contributed by atoms with Crippen LogP contribution in [0.25, 0.3) is 0 Å². The zero-order chi connectivity index (χ0) is 13.1. The molecule has 2 aromatic rings. The van der Waals surface area contributed by atoms with Gasteiger partial charge in [-0.2, -0.15) is 0 Å². The van der Waals surface area contributed by atoms with Crippen molar-refractivity contribution in [1.82, 2.24) is 0 Å². The van der Waals surface area contributed by atoms with E-state index < -0.39 is 0 Å². The van der Waals surface area contributed by atoms with Crippen LogP contribution in [-0.4, -0.2) is 5.78 Å². The Morgan fingerprint density at radius 1 is 0.944 bits per heavy atom. The van der Waals surface area contributed by atoms with Crippen molar-refractivity contribution < 1.29 is 4.79 Å². The standard InChI is InChI=1S/C17H18O/c1-12-4-7-15(8-5-12)10-16-9-6-13(2)17(11-16)14(3)18/h4-9,11H,10H2,1-3H3. The lowest BCUT2D eigenvalue weighted by Gasteiger charge is -2.07. The minimum Gasteiger partial charge on any atom is -0.295 e. The molecule has 0 saturated carbocycles. The largest absolute Gasteiger partial charge is 0.295 e. The third kappa shape index (κ3) is 2.86. The van der Waals surface area contributed by atoms with Gasteiger partial charge < -0.3 is 0 Å². The number of rotatable bonds is 3. The summed E-state index contributed by atoms with van der Waals surface area (Å²) in [5, 5.41) is 0. The van der Waals surface area contributed by atoms with Crippen molar-refractivity contribution in [3.8, 4) is 0 Å². The number of carbonyl (C=O) groups excluding carboxylic acids is 1. The van der Waals surface area contributed by atoms with Gasteiger partial charge in [0, 0.05) is 5.56 Å². The van der Waals surface area contributed by atoms with Gasteiger partial charge in [0.2, 0.25) is 0 Å². The van der Waals surface area contributed by atoms with Crippen LogP contribution in [0, 0.1) is 13.8 Å². The van der Waals surface area contributed by atoms with Crippen molar-refractivity contribution >= 4 is 5.78 Å². The number of carbonyl (C=O) groups is 1. The Kier molecular flexibility index (Phi) is 3.61. The molecule has 0 radical (unpaired) electrons. The van der Waals surface area contributed by atoms with E-state index in [0.29, 0.717) is 0 Å². The van der Waals surface area contributed by atoms with Gasteiger partial charge in [-0.15, -0.1) is 0 Å². The van der Waals surface area contributed by atoms with Crippen LogP contribution in [0.1, 0.15) is 39.5 Å². The van der Waals surface area contributed by atoms with Crippen molar-refractivity contribution in [3.63, 3.8) is 0 Å². The smallest absolute Gasteiger partial charge is 0.160 e. The highest BCUT2D eigenvalue weighted by molar-refractivity contribution is 5.95. The molecule has 0 fully saturated rings. The van der Waals surface area contributed by atoms with E-state index in [-0.39, 0.29) is 5.78 Å². The van der Waals surface area contributed by atoms with E-state index in [0.717, 1.165) is 17.5 Å². The Morgan fingerprint density at radius 2 is 1.56 bits per heavy atom. The van der Waals surface area contributed by atoms with Gasteiger partial charge in [-0.1, -0.05) is 42.0 Å². The molecular weight excluding hydrogens is 220 g/mol. The van der Waals surface area contributed by atoms with Crippen LogP contribution in [0.15, 0.2) is 42.5 Å². The summed E-state index contributed by atoms with van der Waals surface area (Å²) in [6.07, 6.45) is 0.876. The van der Waals surface area contributed by atoms with Crippen molar-refractivity contribution in [2.24, 2.45) is 0 Å². The lowest BCUT2D eigenvalue weighted by molar-refractivity contribution is 0.101. The first-order chi connectivity index (χ1) is 8.56. The molecule has 0 aromatic heterocycles. The van der Waals surface area contributed by atoms with Crippen molar-refractivity contribution in [2.75, 3.05) is 0 Å². The summed E-state index contributed by atoms with van der Waals surface area (Å²) in [5.74, 6) is 0.137. The van der Waals surface area contributed by atoms with Crippen LogP contribution >= 0.6 is 0 Å². The fourth-order valence-corrected chi connectivity index (χ4v) is 2.10. The highest BCUT2D eigenvalue weighted by atomic mass is 16.1. The average Bonchev–Trinajstić information content (AvgIpc) is 2.34. The molecule has 0 saturated heterocycles. The lowest BCUT2D eigenvalue weighted by Crippen LogP contribution is -1.98. The predicted octanol–water partition coefficient (Wildman–Crippen LogP) is 4.10. The first-order valence-corrected chi connectivity index (χ1v) is 6.22. The zero-order valence-corrected chi connectivity index (χ0v) is 11.2. The normalized spacial score (nSPS) is 10.4. The van der Waals surface area contributed by atoms with Crippen LogP contribution in [0.2, 0.25) is 0 Å². The molecule has 0 spiro atoms. The number of hydrogen-bond acceptors (Lipinski definition) is 1. The summed E-state index contributed by atoms with van der Waals surface area (Å²) in [5.41, 5.74) is 5.62. The van der Waals surface area contributed by atoms with E-state index in [1.165, 1.54) is 16.7 Å².